The number of aromatic nitrogens is 1. The zero-order valence-electron chi connectivity index (χ0n) is 11.8. The second-order valence-corrected chi connectivity index (χ2v) is 5.92. The maximum atomic E-state index is 12.4. The van der Waals surface area contributed by atoms with Gasteiger partial charge in [-0.2, -0.15) is 0 Å². The minimum Gasteiger partial charge on any atom is -0.392 e. The molecule has 3 rings (SSSR count). The van der Waals surface area contributed by atoms with Gasteiger partial charge in [-0.15, -0.1) is 0 Å². The fourth-order valence-corrected chi connectivity index (χ4v) is 3.04. The Morgan fingerprint density at radius 3 is 2.85 bits per heavy atom. The Balaban J connectivity index is 1.58. The van der Waals surface area contributed by atoms with Gasteiger partial charge < -0.3 is 14.9 Å². The van der Waals surface area contributed by atoms with Crippen LogP contribution in [-0.2, 0) is 4.79 Å². The summed E-state index contributed by atoms with van der Waals surface area (Å²) in [7, 11) is 2.00. The number of aliphatic hydroxyl groups excluding tert-OH is 1. The van der Waals surface area contributed by atoms with Crippen LogP contribution in [0, 0.1) is 5.92 Å². The zero-order valence-corrected chi connectivity index (χ0v) is 11.8. The number of hydrogen-bond acceptors (Lipinski definition) is 4. The molecule has 0 radical (unpaired) electrons. The third-order valence-electron chi connectivity index (χ3n) is 4.40. The Labute approximate surface area is 119 Å². The van der Waals surface area contributed by atoms with Crippen LogP contribution in [0.3, 0.4) is 0 Å². The quantitative estimate of drug-likeness (QED) is 0.844. The summed E-state index contributed by atoms with van der Waals surface area (Å²) in [5.41, 5.74) is 1.05. The summed E-state index contributed by atoms with van der Waals surface area (Å²) in [6.07, 6.45) is 1.98. The van der Waals surface area contributed by atoms with Gasteiger partial charge in [0.05, 0.1) is 12.0 Å². The lowest BCUT2D eigenvalue weighted by Gasteiger charge is -2.43. The van der Waals surface area contributed by atoms with Gasteiger partial charge in [-0.1, -0.05) is 6.07 Å². The van der Waals surface area contributed by atoms with Crippen LogP contribution in [0.4, 0.5) is 0 Å². The maximum Gasteiger partial charge on any atom is 0.229 e. The van der Waals surface area contributed by atoms with Crippen molar-refractivity contribution < 1.29 is 9.90 Å². The van der Waals surface area contributed by atoms with Crippen molar-refractivity contribution in [2.24, 2.45) is 5.92 Å². The zero-order chi connectivity index (χ0) is 14.1. The summed E-state index contributed by atoms with van der Waals surface area (Å²) in [6.45, 7) is 2.97. The molecule has 0 aliphatic carbocycles. The van der Waals surface area contributed by atoms with Crippen molar-refractivity contribution in [2.45, 2.75) is 18.4 Å². The number of carbonyl (C=O) groups excluding carboxylic acids is 1. The second-order valence-electron chi connectivity index (χ2n) is 5.92. The molecule has 0 bridgehead atoms. The van der Waals surface area contributed by atoms with E-state index in [9.17, 15) is 9.90 Å². The third kappa shape index (κ3) is 2.55. The van der Waals surface area contributed by atoms with E-state index in [0.29, 0.717) is 18.9 Å². The van der Waals surface area contributed by atoms with Crippen LogP contribution < -0.4 is 0 Å². The Bertz CT molecular complexity index is 473. The van der Waals surface area contributed by atoms with Crippen LogP contribution in [0.25, 0.3) is 0 Å². The summed E-state index contributed by atoms with van der Waals surface area (Å²) >= 11 is 0. The van der Waals surface area contributed by atoms with E-state index in [1.165, 1.54) is 0 Å². The normalized spacial score (nSPS) is 28.2. The van der Waals surface area contributed by atoms with E-state index in [2.05, 4.69) is 9.88 Å². The van der Waals surface area contributed by atoms with Crippen LogP contribution in [0.2, 0.25) is 0 Å². The molecule has 2 saturated heterocycles. The average Bonchev–Trinajstić information content (AvgIpc) is 2.41. The average molecular weight is 275 g/mol. The largest absolute Gasteiger partial charge is 0.392 e. The number of nitrogens with zero attached hydrogens (tertiary/aromatic N) is 3. The van der Waals surface area contributed by atoms with Crippen LogP contribution in [0.15, 0.2) is 24.4 Å². The SMILES string of the molecule is CN1CC[C@H](O)[C@H](C(=O)N2CC(c3ccccn3)C2)C1. The number of aliphatic hydroxyl groups is 1. The predicted molar refractivity (Wildman–Crippen MR) is 75.2 cm³/mol. The molecule has 5 nitrogen and oxygen atoms in total. The topological polar surface area (TPSA) is 56.7 Å². The first-order chi connectivity index (χ1) is 9.65. The molecule has 1 aromatic heterocycles. The number of hydrogen-bond donors (Lipinski definition) is 1. The second kappa shape index (κ2) is 5.50. The number of pyridine rings is 1. The van der Waals surface area contributed by atoms with Gasteiger partial charge in [-0.3, -0.25) is 9.78 Å². The molecule has 2 atom stereocenters. The standard InChI is InChI=1S/C15H21N3O2/c1-17-7-5-14(19)12(10-17)15(20)18-8-11(9-18)13-4-2-3-6-16-13/h2-4,6,11-12,14,19H,5,7-10H2,1H3/t12-,14+/m1/s1. The fraction of sp³-hybridized carbons (Fsp3) is 0.600. The molecule has 3 heterocycles. The summed E-state index contributed by atoms with van der Waals surface area (Å²) in [5, 5.41) is 10.0. The smallest absolute Gasteiger partial charge is 0.229 e. The van der Waals surface area contributed by atoms with Gasteiger partial charge in [0.25, 0.3) is 0 Å². The van der Waals surface area contributed by atoms with Crippen LogP contribution in [-0.4, -0.2) is 65.1 Å². The highest BCUT2D eigenvalue weighted by atomic mass is 16.3. The van der Waals surface area contributed by atoms with Crippen molar-refractivity contribution in [3.8, 4) is 0 Å². The number of likely N-dealkylation sites (tertiary alicyclic amines) is 2. The molecule has 2 fully saturated rings. The monoisotopic (exact) mass is 275 g/mol. The van der Waals surface area contributed by atoms with E-state index in [0.717, 1.165) is 25.3 Å². The van der Waals surface area contributed by atoms with Gasteiger partial charge in [0.15, 0.2) is 0 Å². The lowest BCUT2D eigenvalue weighted by Crippen LogP contribution is -2.56. The minimum atomic E-state index is -0.493. The van der Waals surface area contributed by atoms with Crippen molar-refractivity contribution in [3.05, 3.63) is 30.1 Å². The first-order valence-corrected chi connectivity index (χ1v) is 7.21. The molecule has 0 aromatic carbocycles. The van der Waals surface area contributed by atoms with Crippen molar-refractivity contribution in [3.63, 3.8) is 0 Å². The van der Waals surface area contributed by atoms with Gasteiger partial charge in [-0.25, -0.2) is 0 Å². The van der Waals surface area contributed by atoms with Crippen LogP contribution >= 0.6 is 0 Å². The molecule has 5 heteroatoms. The van der Waals surface area contributed by atoms with E-state index in [4.69, 9.17) is 0 Å². The summed E-state index contributed by atoms with van der Waals surface area (Å²) in [6, 6.07) is 5.89. The van der Waals surface area contributed by atoms with E-state index < -0.39 is 6.10 Å². The Morgan fingerprint density at radius 1 is 1.35 bits per heavy atom. The number of carbonyl (C=O) groups is 1. The predicted octanol–water partition coefficient (Wildman–Crippen LogP) is 0.320. The number of rotatable bonds is 2. The van der Waals surface area contributed by atoms with Crippen molar-refractivity contribution >= 4 is 5.91 Å². The highest BCUT2D eigenvalue weighted by Crippen LogP contribution is 2.28. The van der Waals surface area contributed by atoms with Gasteiger partial charge in [0, 0.05) is 44.0 Å². The fourth-order valence-electron chi connectivity index (χ4n) is 3.04. The van der Waals surface area contributed by atoms with Crippen molar-refractivity contribution in [1.29, 1.82) is 0 Å². The molecule has 0 spiro atoms. The van der Waals surface area contributed by atoms with E-state index in [1.54, 1.807) is 6.20 Å². The molecule has 2 aliphatic rings. The van der Waals surface area contributed by atoms with Gasteiger partial charge in [0.1, 0.15) is 0 Å². The molecule has 20 heavy (non-hydrogen) atoms. The molecule has 108 valence electrons. The lowest BCUT2D eigenvalue weighted by molar-refractivity contribution is -0.146. The van der Waals surface area contributed by atoms with Gasteiger partial charge in [0.2, 0.25) is 5.91 Å². The Morgan fingerprint density at radius 2 is 2.15 bits per heavy atom. The number of piperidine rings is 1. The Kier molecular flexibility index (Phi) is 3.72. The first-order valence-electron chi connectivity index (χ1n) is 7.21. The maximum absolute atomic E-state index is 12.4. The molecule has 1 aromatic rings. The van der Waals surface area contributed by atoms with Gasteiger partial charge >= 0.3 is 0 Å². The van der Waals surface area contributed by atoms with Crippen molar-refractivity contribution in [2.75, 3.05) is 33.2 Å². The first kappa shape index (κ1) is 13.5. The van der Waals surface area contributed by atoms with Crippen LogP contribution in [0.1, 0.15) is 18.0 Å². The van der Waals surface area contributed by atoms with Gasteiger partial charge in [-0.05, 0) is 25.6 Å². The van der Waals surface area contributed by atoms with E-state index in [1.807, 2.05) is 30.1 Å². The molecule has 0 unspecified atom stereocenters. The molecular formula is C15H21N3O2. The molecule has 1 amide bonds. The van der Waals surface area contributed by atoms with E-state index in [-0.39, 0.29) is 11.8 Å². The third-order valence-corrected chi connectivity index (χ3v) is 4.40. The lowest BCUT2D eigenvalue weighted by atomic mass is 9.89. The Hall–Kier alpha value is -1.46. The van der Waals surface area contributed by atoms with E-state index >= 15 is 0 Å². The molecule has 0 saturated carbocycles. The molecular weight excluding hydrogens is 254 g/mol. The highest BCUT2D eigenvalue weighted by molar-refractivity contribution is 5.80. The minimum absolute atomic E-state index is 0.0937. The summed E-state index contributed by atoms with van der Waals surface area (Å²) in [5.74, 6) is 0.174. The van der Waals surface area contributed by atoms with Crippen molar-refractivity contribution in [1.82, 2.24) is 14.8 Å². The molecule has 2 aliphatic heterocycles. The summed E-state index contributed by atoms with van der Waals surface area (Å²) < 4.78 is 0. The molecule has 1 N–H and O–H groups in total. The highest BCUT2D eigenvalue weighted by Gasteiger charge is 2.40. The number of amides is 1. The van der Waals surface area contributed by atoms with Crippen LogP contribution in [0.5, 0.6) is 0 Å². The summed E-state index contributed by atoms with van der Waals surface area (Å²) in [4.78, 5) is 20.7.